The van der Waals surface area contributed by atoms with E-state index < -0.39 is 36.1 Å². The van der Waals surface area contributed by atoms with Gasteiger partial charge in [-0.25, -0.2) is 19.6 Å². The molecule has 5 aromatic rings. The van der Waals surface area contributed by atoms with Crippen LogP contribution in [0.5, 0.6) is 0 Å². The number of aromatic amines is 2. The Balaban J connectivity index is 0.945. The molecule has 2 aromatic heterocycles. The van der Waals surface area contributed by atoms with Crippen LogP contribution < -0.4 is 10.6 Å². The minimum atomic E-state index is -0.942. The molecule has 1 aliphatic carbocycles. The summed E-state index contributed by atoms with van der Waals surface area (Å²) < 4.78 is 21.8. The predicted octanol–water partition coefficient (Wildman–Crippen LogP) is 7.38. The van der Waals surface area contributed by atoms with Crippen molar-refractivity contribution in [2.24, 2.45) is 17.8 Å². The monoisotopic (exact) mass is 874 g/mol. The molecule has 3 aromatic carbocycles. The van der Waals surface area contributed by atoms with Gasteiger partial charge in [-0.1, -0.05) is 76.9 Å². The SMILES string of the molecule is COC(=O)N[C@H](C(=O)N1CC2(C[C@H]1c1nc3cc(-c4ccc(-c5ccc6[nH]c([C@@H]7C[C@@H]8CCCC[C@@H]8N7C(=O)[C@@H](NC(=O)OC)C(C)C)nc6c5)cc4)ccc3[nH]1)OCCO2)C(C)C. The number of hydrogen-bond donors (Lipinski definition) is 4. The van der Waals surface area contributed by atoms with Crippen LogP contribution in [0, 0.1) is 17.8 Å². The van der Waals surface area contributed by atoms with Crippen LogP contribution in [-0.2, 0) is 28.5 Å². The second-order valence-corrected chi connectivity index (χ2v) is 18.4. The average Bonchev–Trinajstić information content (AvgIpc) is 4.15. The third kappa shape index (κ3) is 8.17. The minimum Gasteiger partial charge on any atom is -0.453 e. The van der Waals surface area contributed by atoms with Gasteiger partial charge < -0.3 is 49.3 Å². The molecule has 4 N–H and O–H groups in total. The standard InChI is InChI=1S/C48H58N8O8/c1-26(2)40(53-46(59)61-5)44(57)55-25-48(63-19-20-64-48)24-39(55)43-50-34-18-16-31(22-36(34)52-43)29-13-11-28(12-14-29)30-15-17-33-35(21-30)51-42(49-33)38-23-32-9-7-8-10-37(32)56(38)45(58)41(27(3)4)54-47(60)62-6/h11-18,21-22,26-27,32,37-41H,7-10,19-20,23-25H2,1-6H3,(H,49,51)(H,50,52)(H,53,59)(H,54,60)/t32-,37-,38-,39-,40-,41-/m0/s1. The molecular formula is C48H58N8O8. The quantitative estimate of drug-likeness (QED) is 0.110. The van der Waals surface area contributed by atoms with Crippen molar-refractivity contribution in [1.82, 2.24) is 40.4 Å². The number of alkyl carbamates (subject to hydrolysis) is 2. The summed E-state index contributed by atoms with van der Waals surface area (Å²) in [5.41, 5.74) is 7.38. The molecule has 3 aliphatic heterocycles. The van der Waals surface area contributed by atoms with E-state index in [2.05, 4.69) is 63.1 Å². The van der Waals surface area contributed by atoms with Gasteiger partial charge in [-0.05, 0) is 83.5 Å². The largest absolute Gasteiger partial charge is 0.453 e. The van der Waals surface area contributed by atoms with Crippen molar-refractivity contribution in [2.75, 3.05) is 34.0 Å². The number of nitrogens with zero attached hydrogens (tertiary/aromatic N) is 4. The first-order valence-corrected chi connectivity index (χ1v) is 22.5. The lowest BCUT2D eigenvalue weighted by Gasteiger charge is -2.36. The summed E-state index contributed by atoms with van der Waals surface area (Å²) >= 11 is 0. The van der Waals surface area contributed by atoms with E-state index in [1.807, 2.05) is 50.8 Å². The van der Waals surface area contributed by atoms with E-state index in [1.54, 1.807) is 4.90 Å². The number of ether oxygens (including phenoxy) is 4. The Bertz CT molecular complexity index is 2450. The number of hydrogen-bond acceptors (Lipinski definition) is 10. The second kappa shape index (κ2) is 17.5. The molecule has 16 nitrogen and oxygen atoms in total. The molecule has 64 heavy (non-hydrogen) atoms. The van der Waals surface area contributed by atoms with Crippen molar-refractivity contribution < 1.29 is 38.1 Å². The van der Waals surface area contributed by atoms with Crippen LogP contribution in [0.1, 0.15) is 90.0 Å². The van der Waals surface area contributed by atoms with Gasteiger partial charge in [0.1, 0.15) is 23.7 Å². The number of carbonyl (C=O) groups is 4. The maximum atomic E-state index is 14.3. The van der Waals surface area contributed by atoms with Crippen molar-refractivity contribution in [3.05, 3.63) is 72.3 Å². The normalized spacial score (nSPS) is 22.6. The molecule has 4 fully saturated rings. The highest BCUT2D eigenvalue weighted by molar-refractivity contribution is 5.89. The van der Waals surface area contributed by atoms with Crippen LogP contribution >= 0.6 is 0 Å². The zero-order valence-electron chi connectivity index (χ0n) is 37.3. The molecule has 9 rings (SSSR count). The zero-order chi connectivity index (χ0) is 44.9. The molecule has 1 saturated carbocycles. The Labute approximate surface area is 372 Å². The summed E-state index contributed by atoms with van der Waals surface area (Å²) in [6.45, 7) is 8.72. The topological polar surface area (TPSA) is 193 Å². The van der Waals surface area contributed by atoms with Gasteiger partial charge >= 0.3 is 12.2 Å². The number of methoxy groups -OCH3 is 2. The molecule has 4 amide bonds. The van der Waals surface area contributed by atoms with Crippen LogP contribution in [0.25, 0.3) is 44.3 Å². The average molecular weight is 875 g/mol. The van der Waals surface area contributed by atoms with Crippen LogP contribution in [0.2, 0.25) is 0 Å². The van der Waals surface area contributed by atoms with Gasteiger partial charge in [-0.2, -0.15) is 0 Å². The first-order valence-electron chi connectivity index (χ1n) is 22.5. The molecule has 1 spiro atoms. The number of aromatic nitrogens is 4. The van der Waals surface area contributed by atoms with Crippen molar-refractivity contribution in [1.29, 1.82) is 0 Å². The number of likely N-dealkylation sites (tertiary alicyclic amines) is 2. The highest BCUT2D eigenvalue weighted by Crippen LogP contribution is 2.47. The number of imidazole rings is 2. The number of H-pyrrole nitrogens is 2. The minimum absolute atomic E-state index is 0.0889. The van der Waals surface area contributed by atoms with Crippen molar-refractivity contribution >= 4 is 46.1 Å². The number of fused-ring (bicyclic) bond motifs is 3. The number of nitrogens with one attached hydrogen (secondary N) is 4. The smallest absolute Gasteiger partial charge is 0.407 e. The van der Waals surface area contributed by atoms with Crippen molar-refractivity contribution in [3.8, 4) is 22.3 Å². The maximum Gasteiger partial charge on any atom is 0.407 e. The summed E-state index contributed by atoms with van der Waals surface area (Å²) in [4.78, 5) is 73.8. The van der Waals surface area contributed by atoms with Gasteiger partial charge in [0.15, 0.2) is 5.79 Å². The molecule has 3 saturated heterocycles. The van der Waals surface area contributed by atoms with Gasteiger partial charge in [0.2, 0.25) is 11.8 Å². The molecular weight excluding hydrogens is 817 g/mol. The zero-order valence-corrected chi connectivity index (χ0v) is 37.3. The lowest BCUT2D eigenvalue weighted by Crippen LogP contribution is -2.53. The Hall–Kier alpha value is -6.00. The van der Waals surface area contributed by atoms with Gasteiger partial charge in [-0.3, -0.25) is 9.59 Å². The molecule has 6 atom stereocenters. The van der Waals surface area contributed by atoms with Gasteiger partial charge in [0.05, 0.1) is 68.1 Å². The van der Waals surface area contributed by atoms with E-state index in [1.165, 1.54) is 14.2 Å². The fourth-order valence-electron chi connectivity index (χ4n) is 10.4. The second-order valence-electron chi connectivity index (χ2n) is 18.4. The summed E-state index contributed by atoms with van der Waals surface area (Å²) in [5.74, 6) is 0.164. The first-order chi connectivity index (χ1) is 30.8. The third-order valence-corrected chi connectivity index (χ3v) is 13.7. The van der Waals surface area contributed by atoms with Crippen molar-refractivity contribution in [2.45, 2.75) is 102 Å². The maximum absolute atomic E-state index is 14.3. The molecule has 4 aliphatic rings. The molecule has 5 heterocycles. The Morgan fingerprint density at radius 1 is 0.703 bits per heavy atom. The molecule has 16 heteroatoms. The predicted molar refractivity (Wildman–Crippen MR) is 239 cm³/mol. The summed E-state index contributed by atoms with van der Waals surface area (Å²) in [5, 5.41) is 5.51. The van der Waals surface area contributed by atoms with E-state index in [0.717, 1.165) is 82.2 Å². The highest BCUT2D eigenvalue weighted by atomic mass is 16.7. The third-order valence-electron chi connectivity index (χ3n) is 13.7. The fraction of sp³-hybridized carbons (Fsp3) is 0.500. The lowest BCUT2D eigenvalue weighted by atomic mass is 9.84. The molecule has 0 radical (unpaired) electrons. The Kier molecular flexibility index (Phi) is 11.8. The number of carbonyl (C=O) groups excluding carboxylic acids is 4. The highest BCUT2D eigenvalue weighted by Gasteiger charge is 2.53. The van der Waals surface area contributed by atoms with Crippen LogP contribution in [0.15, 0.2) is 60.7 Å². The number of rotatable bonds is 10. The van der Waals surface area contributed by atoms with Gasteiger partial charge in [0, 0.05) is 12.5 Å². The number of benzene rings is 3. The van der Waals surface area contributed by atoms with E-state index in [-0.39, 0.29) is 42.3 Å². The molecule has 338 valence electrons. The summed E-state index contributed by atoms with van der Waals surface area (Å²) in [6, 6.07) is 18.6. The number of amides is 4. The molecule has 0 unspecified atom stereocenters. The van der Waals surface area contributed by atoms with Crippen LogP contribution in [0.3, 0.4) is 0 Å². The van der Waals surface area contributed by atoms with E-state index in [9.17, 15) is 19.2 Å². The van der Waals surface area contributed by atoms with Crippen LogP contribution in [0.4, 0.5) is 9.59 Å². The summed E-state index contributed by atoms with van der Waals surface area (Å²) in [7, 11) is 2.59. The van der Waals surface area contributed by atoms with E-state index in [0.29, 0.717) is 31.4 Å². The molecule has 0 bridgehead atoms. The Morgan fingerprint density at radius 3 is 1.73 bits per heavy atom. The Morgan fingerprint density at radius 2 is 1.20 bits per heavy atom. The van der Waals surface area contributed by atoms with Gasteiger partial charge in [0.25, 0.3) is 0 Å². The fourth-order valence-corrected chi connectivity index (χ4v) is 10.4. The van der Waals surface area contributed by atoms with Crippen molar-refractivity contribution in [3.63, 3.8) is 0 Å². The lowest BCUT2D eigenvalue weighted by molar-refractivity contribution is -0.153. The van der Waals surface area contributed by atoms with E-state index >= 15 is 0 Å². The first kappa shape index (κ1) is 43.3. The van der Waals surface area contributed by atoms with Gasteiger partial charge in [-0.15, -0.1) is 0 Å². The summed E-state index contributed by atoms with van der Waals surface area (Å²) in [6.07, 6.45) is 4.19. The van der Waals surface area contributed by atoms with Crippen LogP contribution in [-0.4, -0.2) is 112 Å². The van der Waals surface area contributed by atoms with E-state index in [4.69, 9.17) is 28.9 Å².